The molecular weight excluding hydrogens is 472 g/mol. The second kappa shape index (κ2) is 10.9. The van der Waals surface area contributed by atoms with Crippen LogP contribution in [0.5, 0.6) is 11.5 Å². The number of carbonyl (C=O) groups excluding carboxylic acids is 2. The zero-order chi connectivity index (χ0) is 25.6. The topological polar surface area (TPSA) is 111 Å². The fourth-order valence-corrected chi connectivity index (χ4v) is 4.89. The maximum Gasteiger partial charge on any atom is 0.338 e. The maximum atomic E-state index is 13.6. The zero-order valence-electron chi connectivity index (χ0n) is 19.8. The van der Waals surface area contributed by atoms with Crippen molar-refractivity contribution in [2.75, 3.05) is 37.5 Å². The van der Waals surface area contributed by atoms with Crippen LogP contribution in [0.25, 0.3) is 0 Å². The SMILES string of the molecule is COC(=O)c1cccc(NC(=O)CN(c2ccc(OC)cc2OC)S(=O)(=O)c2ccccc2)c1C. The van der Waals surface area contributed by atoms with Gasteiger partial charge in [0.1, 0.15) is 18.0 Å². The number of benzene rings is 3. The molecule has 0 fully saturated rings. The predicted molar refractivity (Wildman–Crippen MR) is 132 cm³/mol. The molecule has 184 valence electrons. The van der Waals surface area contributed by atoms with Gasteiger partial charge in [0.15, 0.2) is 0 Å². The molecule has 3 aromatic rings. The number of carbonyl (C=O) groups is 2. The molecule has 0 spiro atoms. The first-order valence-electron chi connectivity index (χ1n) is 10.5. The molecular formula is C25H26N2O7S. The molecule has 3 rings (SSSR count). The molecule has 10 heteroatoms. The van der Waals surface area contributed by atoms with Gasteiger partial charge in [-0.1, -0.05) is 24.3 Å². The van der Waals surface area contributed by atoms with Gasteiger partial charge in [-0.05, 0) is 48.9 Å². The highest BCUT2D eigenvalue weighted by Crippen LogP contribution is 2.35. The number of methoxy groups -OCH3 is 3. The molecule has 0 saturated heterocycles. The predicted octanol–water partition coefficient (Wildman–Crippen LogP) is 3.63. The van der Waals surface area contributed by atoms with E-state index in [4.69, 9.17) is 14.2 Å². The molecule has 3 aromatic carbocycles. The van der Waals surface area contributed by atoms with Crippen molar-refractivity contribution >= 4 is 33.3 Å². The maximum absolute atomic E-state index is 13.6. The van der Waals surface area contributed by atoms with Crippen LogP contribution in [0.2, 0.25) is 0 Å². The summed E-state index contributed by atoms with van der Waals surface area (Å²) in [5, 5.41) is 2.70. The van der Waals surface area contributed by atoms with Crippen molar-refractivity contribution in [2.45, 2.75) is 11.8 Å². The number of esters is 1. The molecule has 0 aromatic heterocycles. The van der Waals surface area contributed by atoms with E-state index in [-0.39, 0.29) is 21.9 Å². The Labute approximate surface area is 204 Å². The van der Waals surface area contributed by atoms with E-state index < -0.39 is 28.4 Å². The van der Waals surface area contributed by atoms with E-state index in [2.05, 4.69) is 5.32 Å². The average molecular weight is 499 g/mol. The van der Waals surface area contributed by atoms with Gasteiger partial charge in [0.25, 0.3) is 10.0 Å². The second-order valence-electron chi connectivity index (χ2n) is 7.38. The van der Waals surface area contributed by atoms with Crippen LogP contribution in [0.1, 0.15) is 15.9 Å². The van der Waals surface area contributed by atoms with E-state index in [9.17, 15) is 18.0 Å². The standard InChI is InChI=1S/C25H26N2O7S/c1-17-20(25(29)34-4)11-8-12-21(17)26-24(28)16-27(35(30,31)19-9-6-5-7-10-19)22-14-13-18(32-2)15-23(22)33-3/h5-15H,16H2,1-4H3,(H,26,28). The number of hydrogen-bond acceptors (Lipinski definition) is 7. The van der Waals surface area contributed by atoms with Crippen LogP contribution in [0.15, 0.2) is 71.6 Å². The first-order valence-corrected chi connectivity index (χ1v) is 11.9. The quantitative estimate of drug-likeness (QED) is 0.449. The van der Waals surface area contributed by atoms with Crippen LogP contribution < -0.4 is 19.1 Å². The van der Waals surface area contributed by atoms with Crippen LogP contribution in [-0.2, 0) is 19.6 Å². The Balaban J connectivity index is 2.02. The number of ether oxygens (including phenoxy) is 3. The normalized spacial score (nSPS) is 10.9. The van der Waals surface area contributed by atoms with Gasteiger partial charge in [0.2, 0.25) is 5.91 Å². The number of nitrogens with zero attached hydrogens (tertiary/aromatic N) is 1. The first-order chi connectivity index (χ1) is 16.7. The Hall–Kier alpha value is -4.05. The minimum absolute atomic E-state index is 0.00883. The lowest BCUT2D eigenvalue weighted by atomic mass is 10.1. The summed E-state index contributed by atoms with van der Waals surface area (Å²) in [5.74, 6) is -0.495. The van der Waals surface area contributed by atoms with Crippen LogP contribution >= 0.6 is 0 Å². The van der Waals surface area contributed by atoms with Crippen LogP contribution in [-0.4, -0.2) is 48.2 Å². The minimum Gasteiger partial charge on any atom is -0.497 e. The van der Waals surface area contributed by atoms with Gasteiger partial charge in [-0.15, -0.1) is 0 Å². The van der Waals surface area contributed by atoms with Gasteiger partial charge in [-0.25, -0.2) is 13.2 Å². The van der Waals surface area contributed by atoms with Crippen molar-refractivity contribution in [2.24, 2.45) is 0 Å². The van der Waals surface area contributed by atoms with E-state index in [1.807, 2.05) is 0 Å². The summed E-state index contributed by atoms with van der Waals surface area (Å²) in [6.45, 7) is 1.11. The highest BCUT2D eigenvalue weighted by atomic mass is 32.2. The largest absolute Gasteiger partial charge is 0.497 e. The van der Waals surface area contributed by atoms with E-state index in [0.29, 0.717) is 17.0 Å². The smallest absolute Gasteiger partial charge is 0.338 e. The van der Waals surface area contributed by atoms with E-state index in [1.54, 1.807) is 49.4 Å². The highest BCUT2D eigenvalue weighted by Gasteiger charge is 2.30. The van der Waals surface area contributed by atoms with Gasteiger partial charge in [-0.3, -0.25) is 9.10 Å². The van der Waals surface area contributed by atoms with Crippen molar-refractivity contribution in [3.05, 3.63) is 77.9 Å². The Bertz CT molecular complexity index is 1320. The molecule has 0 aliphatic rings. The van der Waals surface area contributed by atoms with Gasteiger partial charge >= 0.3 is 5.97 Å². The molecule has 0 aliphatic carbocycles. The summed E-state index contributed by atoms with van der Waals surface area (Å²) in [7, 11) is -0.0128. The average Bonchev–Trinajstić information content (AvgIpc) is 2.88. The summed E-state index contributed by atoms with van der Waals surface area (Å²) in [6, 6.07) is 17.2. The molecule has 0 unspecified atom stereocenters. The van der Waals surface area contributed by atoms with Crippen LogP contribution in [0.4, 0.5) is 11.4 Å². The number of amides is 1. The second-order valence-corrected chi connectivity index (χ2v) is 9.24. The molecule has 0 bridgehead atoms. The van der Waals surface area contributed by atoms with Crippen LogP contribution in [0, 0.1) is 6.92 Å². The summed E-state index contributed by atoms with van der Waals surface area (Å²) >= 11 is 0. The van der Waals surface area contributed by atoms with E-state index >= 15 is 0 Å². The summed E-state index contributed by atoms with van der Waals surface area (Å²) in [4.78, 5) is 25.1. The molecule has 9 nitrogen and oxygen atoms in total. The van der Waals surface area contributed by atoms with Gasteiger partial charge in [0.05, 0.1) is 37.5 Å². The van der Waals surface area contributed by atoms with Crippen molar-refractivity contribution < 1.29 is 32.2 Å². The fourth-order valence-electron chi connectivity index (χ4n) is 3.43. The lowest BCUT2D eigenvalue weighted by molar-refractivity contribution is -0.114. The number of sulfonamides is 1. The number of rotatable bonds is 9. The highest BCUT2D eigenvalue weighted by molar-refractivity contribution is 7.92. The van der Waals surface area contributed by atoms with Crippen molar-refractivity contribution in [1.82, 2.24) is 0 Å². The number of nitrogens with one attached hydrogen (secondary N) is 1. The molecule has 0 aliphatic heterocycles. The van der Waals surface area contributed by atoms with Crippen molar-refractivity contribution in [1.29, 1.82) is 0 Å². The molecule has 0 radical (unpaired) electrons. The molecule has 0 atom stereocenters. The third kappa shape index (κ3) is 5.55. The third-order valence-electron chi connectivity index (χ3n) is 5.29. The molecule has 35 heavy (non-hydrogen) atoms. The van der Waals surface area contributed by atoms with Gasteiger partial charge < -0.3 is 19.5 Å². The lowest BCUT2D eigenvalue weighted by Gasteiger charge is -2.26. The summed E-state index contributed by atoms with van der Waals surface area (Å²) in [5.41, 5.74) is 1.30. The summed E-state index contributed by atoms with van der Waals surface area (Å²) in [6.07, 6.45) is 0. The Morgan fingerprint density at radius 1 is 0.914 bits per heavy atom. The monoisotopic (exact) mass is 498 g/mol. The van der Waals surface area contributed by atoms with Crippen LogP contribution in [0.3, 0.4) is 0 Å². The van der Waals surface area contributed by atoms with Gasteiger partial charge in [0, 0.05) is 11.8 Å². The third-order valence-corrected chi connectivity index (χ3v) is 7.06. The Morgan fingerprint density at radius 3 is 2.26 bits per heavy atom. The lowest BCUT2D eigenvalue weighted by Crippen LogP contribution is -2.38. The number of anilines is 2. The van der Waals surface area contributed by atoms with Crippen molar-refractivity contribution in [3.8, 4) is 11.5 Å². The minimum atomic E-state index is -4.15. The molecule has 0 heterocycles. The fraction of sp³-hybridized carbons (Fsp3) is 0.200. The molecule has 1 N–H and O–H groups in total. The van der Waals surface area contributed by atoms with Gasteiger partial charge in [-0.2, -0.15) is 0 Å². The van der Waals surface area contributed by atoms with Crippen molar-refractivity contribution in [3.63, 3.8) is 0 Å². The Kier molecular flexibility index (Phi) is 7.98. The Morgan fingerprint density at radius 2 is 1.63 bits per heavy atom. The van der Waals surface area contributed by atoms with E-state index in [0.717, 1.165) is 4.31 Å². The molecule has 0 saturated carbocycles. The molecule has 1 amide bonds. The van der Waals surface area contributed by atoms with E-state index in [1.165, 1.54) is 45.6 Å². The zero-order valence-corrected chi connectivity index (χ0v) is 20.6. The first kappa shape index (κ1) is 25.6. The number of hydrogen-bond donors (Lipinski definition) is 1. The summed E-state index contributed by atoms with van der Waals surface area (Å²) < 4.78 is 43.5.